The van der Waals surface area contributed by atoms with E-state index < -0.39 is 0 Å². The molecular weight excluding hydrogens is 422 g/mol. The Kier molecular flexibility index (Phi) is 6.33. The molecule has 0 amide bonds. The normalized spacial score (nSPS) is 17.9. The van der Waals surface area contributed by atoms with Gasteiger partial charge < -0.3 is 14.5 Å². The molecule has 0 bridgehead atoms. The highest BCUT2D eigenvalue weighted by Gasteiger charge is 2.20. The molecule has 0 saturated carbocycles. The molecule has 2 saturated heterocycles. The number of halogens is 1. The highest BCUT2D eigenvalue weighted by molar-refractivity contribution is 9.10. The number of ether oxygens (including phenoxy) is 1. The van der Waals surface area contributed by atoms with E-state index in [9.17, 15) is 0 Å². The standard InChI is InChI=1S/C19H24BrN7O/c20-16-6-4-5-15(13-16)14-21-25-17-22-18(26-7-2-1-3-8-26)24-19(23-17)27-9-11-28-12-10-27/h4-6,13-14H,1-3,7-12H2,(H,22,23,24,25)/b21-14-. The Hall–Kier alpha value is -2.26. The van der Waals surface area contributed by atoms with Gasteiger partial charge in [-0.2, -0.15) is 20.1 Å². The van der Waals surface area contributed by atoms with E-state index in [2.05, 4.69) is 46.2 Å². The first kappa shape index (κ1) is 19.1. The van der Waals surface area contributed by atoms with E-state index in [-0.39, 0.29) is 0 Å². The van der Waals surface area contributed by atoms with Crippen molar-refractivity contribution in [2.45, 2.75) is 19.3 Å². The van der Waals surface area contributed by atoms with Crippen molar-refractivity contribution < 1.29 is 4.74 Å². The van der Waals surface area contributed by atoms with Gasteiger partial charge in [0.25, 0.3) is 0 Å². The van der Waals surface area contributed by atoms with Gasteiger partial charge in [0.2, 0.25) is 17.8 Å². The number of hydrogen-bond acceptors (Lipinski definition) is 8. The van der Waals surface area contributed by atoms with Crippen LogP contribution < -0.4 is 15.2 Å². The van der Waals surface area contributed by atoms with Crippen LogP contribution in [-0.2, 0) is 4.74 Å². The second-order valence-electron chi connectivity index (χ2n) is 6.83. The molecule has 9 heteroatoms. The SMILES string of the molecule is Brc1cccc(/C=N\Nc2nc(N3CCCCC3)nc(N3CCOCC3)n2)c1. The molecule has 148 valence electrons. The van der Waals surface area contributed by atoms with Gasteiger partial charge in [-0.05, 0) is 37.0 Å². The molecule has 2 aromatic rings. The van der Waals surface area contributed by atoms with Crippen LogP contribution in [0.5, 0.6) is 0 Å². The van der Waals surface area contributed by atoms with E-state index in [1.54, 1.807) is 6.21 Å². The topological polar surface area (TPSA) is 78.8 Å². The highest BCUT2D eigenvalue weighted by atomic mass is 79.9. The second-order valence-corrected chi connectivity index (χ2v) is 7.75. The van der Waals surface area contributed by atoms with E-state index in [1.807, 2.05) is 24.3 Å². The summed E-state index contributed by atoms with van der Waals surface area (Å²) < 4.78 is 6.47. The Morgan fingerprint density at radius 2 is 1.68 bits per heavy atom. The van der Waals surface area contributed by atoms with Crippen molar-refractivity contribution in [2.75, 3.05) is 54.6 Å². The summed E-state index contributed by atoms with van der Waals surface area (Å²) in [4.78, 5) is 18.3. The van der Waals surface area contributed by atoms with E-state index in [1.165, 1.54) is 19.3 Å². The van der Waals surface area contributed by atoms with E-state index >= 15 is 0 Å². The fraction of sp³-hybridized carbons (Fsp3) is 0.474. The smallest absolute Gasteiger partial charge is 0.250 e. The number of rotatable bonds is 5. The molecule has 2 aliphatic rings. The summed E-state index contributed by atoms with van der Waals surface area (Å²) in [6.07, 6.45) is 5.36. The van der Waals surface area contributed by atoms with Crippen LogP contribution in [0.4, 0.5) is 17.8 Å². The van der Waals surface area contributed by atoms with Gasteiger partial charge in [-0.1, -0.05) is 28.1 Å². The number of benzene rings is 1. The summed E-state index contributed by atoms with van der Waals surface area (Å²) in [7, 11) is 0. The number of anilines is 3. The average molecular weight is 446 g/mol. The third kappa shape index (κ3) is 4.96. The van der Waals surface area contributed by atoms with Crippen LogP contribution in [0.15, 0.2) is 33.8 Å². The lowest BCUT2D eigenvalue weighted by Gasteiger charge is -2.30. The Morgan fingerprint density at radius 1 is 0.964 bits per heavy atom. The maximum atomic E-state index is 5.46. The Morgan fingerprint density at radius 3 is 2.39 bits per heavy atom. The fourth-order valence-corrected chi connectivity index (χ4v) is 3.71. The van der Waals surface area contributed by atoms with Gasteiger partial charge in [0, 0.05) is 30.7 Å². The molecule has 1 N–H and O–H groups in total. The lowest BCUT2D eigenvalue weighted by atomic mass is 10.1. The van der Waals surface area contributed by atoms with Gasteiger partial charge >= 0.3 is 0 Å². The summed E-state index contributed by atoms with van der Waals surface area (Å²) in [5, 5.41) is 4.32. The van der Waals surface area contributed by atoms with Crippen molar-refractivity contribution in [3.05, 3.63) is 34.3 Å². The monoisotopic (exact) mass is 445 g/mol. The first-order valence-corrected chi connectivity index (χ1v) is 10.5. The Balaban J connectivity index is 1.55. The predicted octanol–water partition coefficient (Wildman–Crippen LogP) is 2.91. The third-order valence-corrected chi connectivity index (χ3v) is 5.26. The molecule has 1 aromatic carbocycles. The number of morpholine rings is 1. The molecule has 0 spiro atoms. The molecule has 0 aliphatic carbocycles. The highest BCUT2D eigenvalue weighted by Crippen LogP contribution is 2.21. The maximum absolute atomic E-state index is 5.46. The van der Waals surface area contributed by atoms with Gasteiger partial charge in [0.1, 0.15) is 0 Å². The summed E-state index contributed by atoms with van der Waals surface area (Å²) in [6, 6.07) is 7.94. The lowest BCUT2D eigenvalue weighted by molar-refractivity contribution is 0.122. The fourth-order valence-electron chi connectivity index (χ4n) is 3.30. The first-order valence-electron chi connectivity index (χ1n) is 9.66. The maximum Gasteiger partial charge on any atom is 0.250 e. The summed E-state index contributed by atoms with van der Waals surface area (Å²) in [5.74, 6) is 1.86. The van der Waals surface area contributed by atoms with E-state index in [4.69, 9.17) is 9.72 Å². The van der Waals surface area contributed by atoms with E-state index in [0.717, 1.165) is 42.2 Å². The quantitative estimate of drug-likeness (QED) is 0.559. The minimum absolute atomic E-state index is 0.461. The van der Waals surface area contributed by atoms with Crippen molar-refractivity contribution >= 4 is 40.0 Å². The average Bonchev–Trinajstić information content (AvgIpc) is 2.75. The lowest BCUT2D eigenvalue weighted by Crippen LogP contribution is -2.38. The molecule has 28 heavy (non-hydrogen) atoms. The van der Waals surface area contributed by atoms with Crippen LogP contribution in [0, 0.1) is 0 Å². The van der Waals surface area contributed by atoms with Crippen LogP contribution in [0.3, 0.4) is 0 Å². The zero-order valence-corrected chi connectivity index (χ0v) is 17.3. The number of hydrogen-bond donors (Lipinski definition) is 1. The Bertz CT molecular complexity index is 783. The van der Waals surface area contributed by atoms with Gasteiger partial charge in [-0.25, -0.2) is 5.43 Å². The van der Waals surface area contributed by atoms with Crippen LogP contribution in [0.1, 0.15) is 24.8 Å². The minimum atomic E-state index is 0.461. The predicted molar refractivity (Wildman–Crippen MR) is 114 cm³/mol. The molecule has 3 heterocycles. The number of nitrogens with zero attached hydrogens (tertiary/aromatic N) is 6. The molecule has 2 fully saturated rings. The number of piperidine rings is 1. The second kappa shape index (κ2) is 9.29. The van der Waals surface area contributed by atoms with Crippen LogP contribution in [0.2, 0.25) is 0 Å². The molecule has 4 rings (SSSR count). The van der Waals surface area contributed by atoms with Crippen molar-refractivity contribution in [2.24, 2.45) is 5.10 Å². The first-order chi connectivity index (χ1) is 13.8. The van der Waals surface area contributed by atoms with Gasteiger partial charge in [0.05, 0.1) is 19.4 Å². The van der Waals surface area contributed by atoms with Crippen molar-refractivity contribution in [3.63, 3.8) is 0 Å². The summed E-state index contributed by atoms with van der Waals surface area (Å²) >= 11 is 3.47. The van der Waals surface area contributed by atoms with Gasteiger partial charge in [0.15, 0.2) is 0 Å². The number of hydrazone groups is 1. The molecule has 1 aromatic heterocycles. The molecule has 0 atom stereocenters. The van der Waals surface area contributed by atoms with Crippen molar-refractivity contribution in [1.29, 1.82) is 0 Å². The molecular formula is C19H24BrN7O. The number of aromatic nitrogens is 3. The summed E-state index contributed by atoms with van der Waals surface area (Å²) in [5.41, 5.74) is 3.97. The zero-order chi connectivity index (χ0) is 19.2. The molecule has 8 nitrogen and oxygen atoms in total. The molecule has 2 aliphatic heterocycles. The minimum Gasteiger partial charge on any atom is -0.378 e. The van der Waals surface area contributed by atoms with Crippen molar-refractivity contribution in [3.8, 4) is 0 Å². The largest absolute Gasteiger partial charge is 0.378 e. The van der Waals surface area contributed by atoms with Crippen LogP contribution in [0.25, 0.3) is 0 Å². The third-order valence-electron chi connectivity index (χ3n) is 4.77. The molecule has 0 radical (unpaired) electrons. The van der Waals surface area contributed by atoms with Crippen LogP contribution in [-0.4, -0.2) is 60.6 Å². The van der Waals surface area contributed by atoms with Crippen molar-refractivity contribution in [1.82, 2.24) is 15.0 Å². The Labute approximate surface area is 173 Å². The summed E-state index contributed by atoms with van der Waals surface area (Å²) in [6.45, 7) is 4.90. The van der Waals surface area contributed by atoms with E-state index in [0.29, 0.717) is 25.1 Å². The molecule has 0 unspecified atom stereocenters. The van der Waals surface area contributed by atoms with Crippen LogP contribution >= 0.6 is 15.9 Å². The van der Waals surface area contributed by atoms with Gasteiger partial charge in [-0.15, -0.1) is 0 Å². The number of nitrogens with one attached hydrogen (secondary N) is 1. The van der Waals surface area contributed by atoms with Gasteiger partial charge in [-0.3, -0.25) is 0 Å². The zero-order valence-electron chi connectivity index (χ0n) is 15.7.